The first kappa shape index (κ1) is 11.4. The molecular formula is C7H9ClF2O2. The van der Waals surface area contributed by atoms with Crippen molar-refractivity contribution in [2.75, 3.05) is 6.61 Å². The first-order valence-electron chi connectivity index (χ1n) is 3.21. The first-order chi connectivity index (χ1) is 5.34. The van der Waals surface area contributed by atoms with E-state index in [1.165, 1.54) is 6.08 Å². The second-order valence-electron chi connectivity index (χ2n) is 2.38. The summed E-state index contributed by atoms with van der Waals surface area (Å²) in [6, 6.07) is 0. The number of halogens is 3. The zero-order valence-corrected chi connectivity index (χ0v) is 7.49. The Labute approximate surface area is 74.1 Å². The molecule has 0 aromatic heterocycles. The van der Waals surface area contributed by atoms with Crippen LogP contribution in [0.15, 0.2) is 11.6 Å². The molecule has 0 aromatic carbocycles. The highest BCUT2D eigenvalue weighted by Gasteiger charge is 2.37. The Hall–Kier alpha value is -0.640. The molecular weight excluding hydrogens is 190 g/mol. The summed E-state index contributed by atoms with van der Waals surface area (Å²) in [5, 5.41) is -3.92. The highest BCUT2D eigenvalue weighted by Crippen LogP contribution is 2.20. The van der Waals surface area contributed by atoms with Crippen molar-refractivity contribution in [3.05, 3.63) is 11.6 Å². The average Bonchev–Trinajstić information content (AvgIpc) is 1.84. The Morgan fingerprint density at radius 1 is 1.58 bits per heavy atom. The second kappa shape index (κ2) is 4.40. The van der Waals surface area contributed by atoms with Crippen LogP contribution in [-0.4, -0.2) is 18.0 Å². The summed E-state index contributed by atoms with van der Waals surface area (Å²) in [5.41, 5.74) is 0.876. The van der Waals surface area contributed by atoms with Crippen molar-refractivity contribution in [3.63, 3.8) is 0 Å². The lowest BCUT2D eigenvalue weighted by Gasteiger charge is -2.05. The van der Waals surface area contributed by atoms with Gasteiger partial charge in [-0.15, -0.1) is 0 Å². The van der Waals surface area contributed by atoms with E-state index in [1.54, 1.807) is 13.8 Å². The number of carbonyl (C=O) groups is 1. The SMILES string of the molecule is CC(C)=CCOC(=O)C(F)(F)Cl. The van der Waals surface area contributed by atoms with Crippen LogP contribution in [0.2, 0.25) is 0 Å². The van der Waals surface area contributed by atoms with Crippen LogP contribution in [-0.2, 0) is 9.53 Å². The van der Waals surface area contributed by atoms with Crippen molar-refractivity contribution in [2.24, 2.45) is 0 Å². The van der Waals surface area contributed by atoms with Gasteiger partial charge in [-0.1, -0.05) is 5.57 Å². The van der Waals surface area contributed by atoms with E-state index in [1.807, 2.05) is 0 Å². The number of alkyl halides is 3. The summed E-state index contributed by atoms with van der Waals surface area (Å²) in [4.78, 5) is 10.3. The fourth-order valence-corrected chi connectivity index (χ4v) is 0.420. The molecule has 0 aliphatic heterocycles. The van der Waals surface area contributed by atoms with Crippen LogP contribution < -0.4 is 0 Å². The minimum absolute atomic E-state index is 0.177. The van der Waals surface area contributed by atoms with Crippen molar-refractivity contribution < 1.29 is 18.3 Å². The maximum absolute atomic E-state index is 11.9. The molecule has 0 aliphatic rings. The quantitative estimate of drug-likeness (QED) is 0.395. The zero-order chi connectivity index (χ0) is 9.78. The molecule has 5 heteroatoms. The molecule has 0 atom stereocenters. The minimum atomic E-state index is -3.92. The lowest BCUT2D eigenvalue weighted by Crippen LogP contribution is -2.24. The van der Waals surface area contributed by atoms with Crippen molar-refractivity contribution in [1.29, 1.82) is 0 Å². The van der Waals surface area contributed by atoms with Gasteiger partial charge in [0.05, 0.1) is 0 Å². The fraction of sp³-hybridized carbons (Fsp3) is 0.571. The average molecular weight is 199 g/mol. The number of carbonyl (C=O) groups excluding carboxylic acids is 1. The van der Waals surface area contributed by atoms with Gasteiger partial charge in [-0.2, -0.15) is 8.78 Å². The van der Waals surface area contributed by atoms with Crippen molar-refractivity contribution in [2.45, 2.75) is 19.2 Å². The van der Waals surface area contributed by atoms with Crippen LogP contribution >= 0.6 is 11.6 Å². The topological polar surface area (TPSA) is 26.3 Å². The second-order valence-corrected chi connectivity index (χ2v) is 2.85. The fourth-order valence-electron chi connectivity index (χ4n) is 0.366. The molecule has 0 saturated heterocycles. The Morgan fingerprint density at radius 3 is 2.42 bits per heavy atom. The molecule has 0 spiro atoms. The van der Waals surface area contributed by atoms with E-state index in [0.29, 0.717) is 0 Å². The van der Waals surface area contributed by atoms with Crippen LogP contribution in [0, 0.1) is 0 Å². The summed E-state index contributed by atoms with van der Waals surface area (Å²) in [5.74, 6) is -1.72. The van der Waals surface area contributed by atoms with E-state index in [-0.39, 0.29) is 6.61 Å². The molecule has 0 unspecified atom stereocenters. The highest BCUT2D eigenvalue weighted by molar-refractivity contribution is 6.31. The lowest BCUT2D eigenvalue weighted by molar-refractivity contribution is -0.159. The Morgan fingerprint density at radius 2 is 2.08 bits per heavy atom. The van der Waals surface area contributed by atoms with Gasteiger partial charge in [0, 0.05) is 0 Å². The van der Waals surface area contributed by atoms with Crippen molar-refractivity contribution >= 4 is 17.6 Å². The normalized spacial score (nSPS) is 10.8. The third-order valence-electron chi connectivity index (χ3n) is 0.937. The molecule has 0 fully saturated rings. The summed E-state index contributed by atoms with van der Waals surface area (Å²) in [6.45, 7) is 3.34. The van der Waals surface area contributed by atoms with Gasteiger partial charge < -0.3 is 4.74 Å². The largest absolute Gasteiger partial charge is 0.456 e. The molecule has 12 heavy (non-hydrogen) atoms. The summed E-state index contributed by atoms with van der Waals surface area (Å²) in [6.07, 6.45) is 1.50. The number of ether oxygens (including phenoxy) is 1. The van der Waals surface area contributed by atoms with E-state index in [2.05, 4.69) is 16.3 Å². The molecule has 0 saturated carbocycles. The van der Waals surface area contributed by atoms with E-state index >= 15 is 0 Å². The van der Waals surface area contributed by atoms with Gasteiger partial charge in [0.2, 0.25) is 0 Å². The van der Waals surface area contributed by atoms with Crippen molar-refractivity contribution in [3.8, 4) is 0 Å². The van der Waals surface area contributed by atoms with Gasteiger partial charge in [-0.05, 0) is 31.5 Å². The number of hydrogen-bond acceptors (Lipinski definition) is 2. The van der Waals surface area contributed by atoms with Gasteiger partial charge in [0.25, 0.3) is 0 Å². The zero-order valence-electron chi connectivity index (χ0n) is 6.73. The van der Waals surface area contributed by atoms with E-state index in [4.69, 9.17) is 0 Å². The minimum Gasteiger partial charge on any atom is -0.456 e. The van der Waals surface area contributed by atoms with Crippen LogP contribution in [0.4, 0.5) is 8.78 Å². The van der Waals surface area contributed by atoms with Crippen LogP contribution in [0.25, 0.3) is 0 Å². The van der Waals surface area contributed by atoms with Gasteiger partial charge in [-0.3, -0.25) is 0 Å². The Bertz CT molecular complexity index is 192. The van der Waals surface area contributed by atoms with E-state index in [0.717, 1.165) is 5.57 Å². The number of hydrogen-bond donors (Lipinski definition) is 0. The summed E-state index contributed by atoms with van der Waals surface area (Å²) in [7, 11) is 0. The number of allylic oxidation sites excluding steroid dienone is 1. The van der Waals surface area contributed by atoms with Gasteiger partial charge >= 0.3 is 11.4 Å². The summed E-state index contributed by atoms with van der Waals surface area (Å²) >= 11 is 4.37. The first-order valence-corrected chi connectivity index (χ1v) is 3.59. The van der Waals surface area contributed by atoms with Crippen LogP contribution in [0.1, 0.15) is 13.8 Å². The molecule has 0 rings (SSSR count). The highest BCUT2D eigenvalue weighted by atomic mass is 35.5. The van der Waals surface area contributed by atoms with Crippen molar-refractivity contribution in [1.82, 2.24) is 0 Å². The number of esters is 1. The van der Waals surface area contributed by atoms with E-state index in [9.17, 15) is 13.6 Å². The molecule has 0 aromatic rings. The predicted molar refractivity (Wildman–Crippen MR) is 41.2 cm³/mol. The monoisotopic (exact) mass is 198 g/mol. The number of rotatable bonds is 3. The van der Waals surface area contributed by atoms with Crippen LogP contribution in [0.3, 0.4) is 0 Å². The van der Waals surface area contributed by atoms with Gasteiger partial charge in [0.15, 0.2) is 0 Å². The third-order valence-corrected chi connectivity index (χ3v) is 1.09. The Kier molecular flexibility index (Phi) is 4.17. The lowest BCUT2D eigenvalue weighted by atomic mass is 10.3. The standard InChI is InChI=1S/C7H9ClF2O2/c1-5(2)3-4-12-6(11)7(8,9)10/h3H,4H2,1-2H3. The van der Waals surface area contributed by atoms with E-state index < -0.39 is 11.4 Å². The maximum Gasteiger partial charge on any atom is 0.417 e. The molecule has 0 N–H and O–H groups in total. The molecule has 70 valence electrons. The van der Waals surface area contributed by atoms with Gasteiger partial charge in [0.1, 0.15) is 6.61 Å². The molecule has 2 nitrogen and oxygen atoms in total. The molecule has 0 amide bonds. The Balaban J connectivity index is 3.82. The predicted octanol–water partition coefficient (Wildman–Crippen LogP) is 2.33. The third kappa shape index (κ3) is 5.07. The summed E-state index contributed by atoms with van der Waals surface area (Å²) < 4.78 is 27.9. The molecule has 0 bridgehead atoms. The van der Waals surface area contributed by atoms with Gasteiger partial charge in [-0.25, -0.2) is 4.79 Å². The molecule has 0 aliphatic carbocycles. The smallest absolute Gasteiger partial charge is 0.417 e. The van der Waals surface area contributed by atoms with Crippen LogP contribution in [0.5, 0.6) is 0 Å². The molecule has 0 heterocycles. The maximum atomic E-state index is 11.9. The molecule has 0 radical (unpaired) electrons.